The van der Waals surface area contributed by atoms with Gasteiger partial charge >= 0.3 is 11.9 Å². The van der Waals surface area contributed by atoms with E-state index in [1.807, 2.05) is 0 Å². The predicted molar refractivity (Wildman–Crippen MR) is 138 cm³/mol. The molecule has 11 heteroatoms. The maximum absolute atomic E-state index is 11.9. The zero-order valence-electron chi connectivity index (χ0n) is 21.7. The Morgan fingerprint density at radius 2 is 0.692 bits per heavy atom. The first kappa shape index (κ1) is 31.7. The summed E-state index contributed by atoms with van der Waals surface area (Å²) >= 11 is 0. The second-order valence-electron chi connectivity index (χ2n) is 7.81. The summed E-state index contributed by atoms with van der Waals surface area (Å²) in [6.07, 6.45) is 1.41. The molecule has 0 saturated carbocycles. The third kappa shape index (κ3) is 14.3. The van der Waals surface area contributed by atoms with Crippen molar-refractivity contribution in [3.63, 3.8) is 0 Å². The highest BCUT2D eigenvalue weighted by atomic mass is 16.6. The van der Waals surface area contributed by atoms with E-state index in [1.54, 1.807) is 24.3 Å². The maximum Gasteiger partial charge on any atom is 0.338 e. The van der Waals surface area contributed by atoms with Gasteiger partial charge in [-0.05, 0) is 24.3 Å². The van der Waals surface area contributed by atoms with Gasteiger partial charge in [-0.1, -0.05) is 24.3 Å². The highest BCUT2D eigenvalue weighted by Crippen LogP contribution is 2.05. The lowest BCUT2D eigenvalue weighted by Gasteiger charge is -2.09. The molecule has 0 radical (unpaired) electrons. The van der Waals surface area contributed by atoms with Gasteiger partial charge in [0.05, 0.1) is 77.2 Å². The lowest BCUT2D eigenvalue weighted by atomic mass is 10.1. The summed E-state index contributed by atoms with van der Waals surface area (Å²) in [6, 6.07) is 12.4. The molecule has 11 nitrogen and oxygen atoms in total. The van der Waals surface area contributed by atoms with Crippen LogP contribution in [0, 0.1) is 0 Å². The van der Waals surface area contributed by atoms with E-state index in [1.165, 1.54) is 24.3 Å². The minimum atomic E-state index is -0.472. The van der Waals surface area contributed by atoms with Crippen LogP contribution < -0.4 is 0 Å². The Hall–Kier alpha value is -3.48. The third-order valence-electron chi connectivity index (χ3n) is 4.97. The fourth-order valence-electron chi connectivity index (χ4n) is 2.93. The van der Waals surface area contributed by atoms with E-state index < -0.39 is 11.9 Å². The van der Waals surface area contributed by atoms with Crippen LogP contribution in [0.3, 0.4) is 0 Å². The Morgan fingerprint density at radius 3 is 0.949 bits per heavy atom. The number of carbonyl (C=O) groups excluding carboxylic acids is 4. The van der Waals surface area contributed by atoms with Crippen LogP contribution in [0.2, 0.25) is 0 Å². The van der Waals surface area contributed by atoms with Crippen LogP contribution >= 0.6 is 0 Å². The van der Waals surface area contributed by atoms with Gasteiger partial charge in [0.25, 0.3) is 0 Å². The molecule has 0 bridgehead atoms. The first-order valence-electron chi connectivity index (χ1n) is 12.5. The molecule has 0 amide bonds. The van der Waals surface area contributed by atoms with Crippen molar-refractivity contribution in [1.82, 2.24) is 0 Å². The Morgan fingerprint density at radius 1 is 0.436 bits per heavy atom. The van der Waals surface area contributed by atoms with Gasteiger partial charge in [0, 0.05) is 11.1 Å². The molecule has 0 atom stereocenters. The number of aldehydes is 2. The molecule has 39 heavy (non-hydrogen) atoms. The lowest BCUT2D eigenvalue weighted by Crippen LogP contribution is -2.15. The monoisotopic (exact) mass is 546 g/mol. The normalized spacial score (nSPS) is 10.7. The molecule has 0 spiro atoms. The fourth-order valence-corrected chi connectivity index (χ4v) is 2.93. The summed E-state index contributed by atoms with van der Waals surface area (Å²) in [7, 11) is 0. The van der Waals surface area contributed by atoms with Crippen molar-refractivity contribution in [3.05, 3.63) is 70.8 Å². The Labute approximate surface area is 227 Å². The molecule has 0 aliphatic carbocycles. The summed E-state index contributed by atoms with van der Waals surface area (Å²) < 4.78 is 37.1. The van der Waals surface area contributed by atoms with Gasteiger partial charge < -0.3 is 33.2 Å². The average Bonchev–Trinajstić information content (AvgIpc) is 2.98. The summed E-state index contributed by atoms with van der Waals surface area (Å²) in [5.74, 6) is -0.945. The molecule has 0 aromatic heterocycles. The molecule has 2 aromatic carbocycles. The Balaban J connectivity index is 1.28. The molecule has 0 fully saturated rings. The smallest absolute Gasteiger partial charge is 0.338 e. The molecule has 0 unspecified atom stereocenters. The number of carbonyl (C=O) groups is 4. The minimum Gasteiger partial charge on any atom is -0.460 e. The Bertz CT molecular complexity index is 895. The van der Waals surface area contributed by atoms with Crippen molar-refractivity contribution in [3.8, 4) is 0 Å². The van der Waals surface area contributed by atoms with Crippen molar-refractivity contribution in [2.75, 3.05) is 79.3 Å². The van der Waals surface area contributed by atoms with E-state index in [0.717, 1.165) is 0 Å². The second kappa shape index (κ2) is 20.5. The van der Waals surface area contributed by atoms with Gasteiger partial charge in [-0.3, -0.25) is 9.59 Å². The van der Waals surface area contributed by atoms with Crippen LogP contribution in [-0.4, -0.2) is 104 Å². The quantitative estimate of drug-likeness (QED) is 0.122. The summed E-state index contributed by atoms with van der Waals surface area (Å²) in [5.41, 5.74) is 1.73. The molecule has 0 saturated heterocycles. The van der Waals surface area contributed by atoms with E-state index in [9.17, 15) is 19.2 Å². The second-order valence-corrected chi connectivity index (χ2v) is 7.81. The van der Waals surface area contributed by atoms with Gasteiger partial charge in [0.2, 0.25) is 0 Å². The van der Waals surface area contributed by atoms with Crippen molar-refractivity contribution < 1.29 is 52.3 Å². The van der Waals surface area contributed by atoms with Crippen molar-refractivity contribution in [2.45, 2.75) is 0 Å². The van der Waals surface area contributed by atoms with Gasteiger partial charge in [0.15, 0.2) is 0 Å². The standard InChI is InChI=1S/C28H34O11/c29-21-23-1-5-25(6-2-23)27(31)38-19-17-36-15-13-34-11-9-33-10-12-35-14-16-37-18-20-39-28(32)26-7-3-24(22-30)4-8-26/h1-8,21-22H,9-20H2. The number of ether oxygens (including phenoxy) is 7. The summed E-state index contributed by atoms with van der Waals surface area (Å²) in [5, 5.41) is 0. The van der Waals surface area contributed by atoms with Crippen LogP contribution in [0.25, 0.3) is 0 Å². The van der Waals surface area contributed by atoms with Crippen molar-refractivity contribution >= 4 is 24.5 Å². The summed E-state index contributed by atoms with van der Waals surface area (Å²) in [6.45, 7) is 3.92. The van der Waals surface area contributed by atoms with E-state index in [-0.39, 0.29) is 26.4 Å². The van der Waals surface area contributed by atoms with E-state index >= 15 is 0 Å². The van der Waals surface area contributed by atoms with Crippen molar-refractivity contribution in [1.29, 1.82) is 0 Å². The van der Waals surface area contributed by atoms with Crippen LogP contribution in [0.15, 0.2) is 48.5 Å². The number of esters is 2. The van der Waals surface area contributed by atoms with Crippen LogP contribution in [0.5, 0.6) is 0 Å². The van der Waals surface area contributed by atoms with E-state index in [0.29, 0.717) is 87.7 Å². The molecular weight excluding hydrogens is 512 g/mol. The number of hydrogen-bond acceptors (Lipinski definition) is 11. The highest BCUT2D eigenvalue weighted by Gasteiger charge is 2.07. The zero-order chi connectivity index (χ0) is 28.0. The average molecular weight is 547 g/mol. The topological polar surface area (TPSA) is 133 Å². The molecule has 2 rings (SSSR count). The van der Waals surface area contributed by atoms with Gasteiger partial charge in [-0.2, -0.15) is 0 Å². The van der Waals surface area contributed by atoms with Crippen LogP contribution in [-0.2, 0) is 33.2 Å². The number of rotatable bonds is 22. The molecule has 2 aromatic rings. The van der Waals surface area contributed by atoms with Gasteiger partial charge in [-0.25, -0.2) is 9.59 Å². The lowest BCUT2D eigenvalue weighted by molar-refractivity contribution is -0.0180. The first-order chi connectivity index (χ1) is 19.1. The first-order valence-corrected chi connectivity index (χ1v) is 12.5. The molecule has 0 N–H and O–H groups in total. The number of hydrogen-bond donors (Lipinski definition) is 0. The molecule has 0 heterocycles. The third-order valence-corrected chi connectivity index (χ3v) is 4.97. The molecule has 0 aliphatic rings. The van der Waals surface area contributed by atoms with Crippen LogP contribution in [0.4, 0.5) is 0 Å². The van der Waals surface area contributed by atoms with Crippen LogP contribution in [0.1, 0.15) is 41.4 Å². The molecule has 212 valence electrons. The largest absolute Gasteiger partial charge is 0.460 e. The predicted octanol–water partition coefficient (Wildman–Crippen LogP) is 2.41. The zero-order valence-corrected chi connectivity index (χ0v) is 21.7. The van der Waals surface area contributed by atoms with Gasteiger partial charge in [0.1, 0.15) is 25.8 Å². The Kier molecular flexibility index (Phi) is 16.7. The minimum absolute atomic E-state index is 0.120. The maximum atomic E-state index is 11.9. The molecule has 0 aliphatic heterocycles. The summed E-state index contributed by atoms with van der Waals surface area (Å²) in [4.78, 5) is 44.9. The SMILES string of the molecule is O=Cc1ccc(C(=O)OCCOCCOCCOCCOCCOCCOC(=O)c2ccc(C=O)cc2)cc1. The van der Waals surface area contributed by atoms with E-state index in [2.05, 4.69) is 0 Å². The fraction of sp³-hybridized carbons (Fsp3) is 0.429. The van der Waals surface area contributed by atoms with E-state index in [4.69, 9.17) is 33.2 Å². The number of benzene rings is 2. The van der Waals surface area contributed by atoms with Gasteiger partial charge in [-0.15, -0.1) is 0 Å². The molecular formula is C28H34O11. The highest BCUT2D eigenvalue weighted by molar-refractivity contribution is 5.91. The van der Waals surface area contributed by atoms with Crippen molar-refractivity contribution in [2.24, 2.45) is 0 Å².